The summed E-state index contributed by atoms with van der Waals surface area (Å²) in [5.74, 6) is -2.21. The van der Waals surface area contributed by atoms with Crippen molar-refractivity contribution in [2.45, 2.75) is 23.5 Å². The highest BCUT2D eigenvalue weighted by Crippen LogP contribution is 2.31. The fraction of sp³-hybridized carbons (Fsp3) is 0.152. The van der Waals surface area contributed by atoms with Crippen molar-refractivity contribution < 1.29 is 55.0 Å². The first-order valence-electron chi connectivity index (χ1n) is 14.5. The lowest BCUT2D eigenvalue weighted by Gasteiger charge is -2.19. The average Bonchev–Trinajstić information content (AvgIpc) is 3.09. The van der Waals surface area contributed by atoms with Crippen molar-refractivity contribution in [2.75, 3.05) is 17.7 Å². The highest BCUT2D eigenvalue weighted by atomic mass is 35.5. The predicted octanol–water partition coefficient (Wildman–Crippen LogP) is 10.6. The van der Waals surface area contributed by atoms with Crippen LogP contribution in [0.1, 0.15) is 20.7 Å². The number of imide groups is 2. The molecule has 4 aromatic carbocycles. The Labute approximate surface area is 327 Å². The van der Waals surface area contributed by atoms with Gasteiger partial charge in [0, 0.05) is 18.4 Å². The number of carbonyl (C=O) groups is 4. The molecule has 0 aliphatic carbocycles. The van der Waals surface area contributed by atoms with Gasteiger partial charge in [-0.2, -0.15) is 26.3 Å². The molecule has 0 radical (unpaired) electrons. The van der Waals surface area contributed by atoms with Gasteiger partial charge in [-0.25, -0.2) is 9.59 Å². The van der Waals surface area contributed by atoms with Gasteiger partial charge in [0.25, 0.3) is 11.8 Å². The van der Waals surface area contributed by atoms with E-state index in [0.717, 1.165) is 29.2 Å². The van der Waals surface area contributed by atoms with E-state index in [1.807, 2.05) is 5.32 Å². The number of urea groups is 2. The summed E-state index contributed by atoms with van der Waals surface area (Å²) < 4.78 is 84.6. The summed E-state index contributed by atoms with van der Waals surface area (Å²) in [5, 5.41) is 7.07. The van der Waals surface area contributed by atoms with Gasteiger partial charge in [0.2, 0.25) is 4.84 Å². The second-order valence-corrected chi connectivity index (χ2v) is 12.6. The second kappa shape index (κ2) is 19.1. The Morgan fingerprint density at radius 2 is 1.13 bits per heavy atom. The number of hydrogen-bond acceptors (Lipinski definition) is 6. The van der Waals surface area contributed by atoms with Crippen molar-refractivity contribution in [2.24, 2.45) is 0 Å². The zero-order valence-electron chi connectivity index (χ0n) is 26.9. The summed E-state index contributed by atoms with van der Waals surface area (Å²) in [6, 6.07) is 18.0. The van der Waals surface area contributed by atoms with Crippen molar-refractivity contribution in [3.8, 4) is 11.5 Å². The maximum Gasteiger partial charge on any atom is 0.461 e. The summed E-state index contributed by atoms with van der Waals surface area (Å²) in [5.41, 5.74) is 0.398. The minimum absolute atomic E-state index is 0.0221. The van der Waals surface area contributed by atoms with Crippen LogP contribution in [0.3, 0.4) is 0 Å². The van der Waals surface area contributed by atoms with E-state index < -0.39 is 53.1 Å². The quantitative estimate of drug-likeness (QED) is 0.108. The average molecular weight is 863 g/mol. The molecule has 0 fully saturated rings. The predicted molar refractivity (Wildman–Crippen MR) is 191 cm³/mol. The van der Waals surface area contributed by atoms with Gasteiger partial charge >= 0.3 is 30.7 Å². The Morgan fingerprint density at radius 3 is 1.61 bits per heavy atom. The molecule has 6 amide bonds. The molecule has 54 heavy (non-hydrogen) atoms. The van der Waals surface area contributed by atoms with Crippen LogP contribution in [0.2, 0.25) is 15.1 Å². The van der Waals surface area contributed by atoms with Crippen LogP contribution in [-0.2, 0) is 0 Å². The molecule has 10 nitrogen and oxygen atoms in total. The van der Waals surface area contributed by atoms with Crippen LogP contribution in [0, 0.1) is 0 Å². The first-order chi connectivity index (χ1) is 25.2. The zero-order chi connectivity index (χ0) is 40.4. The first kappa shape index (κ1) is 43.8. The number of halogens is 11. The van der Waals surface area contributed by atoms with Gasteiger partial charge in [-0.15, -0.1) is 0 Å². The number of benzene rings is 4. The van der Waals surface area contributed by atoms with Crippen molar-refractivity contribution in [3.05, 3.63) is 117 Å². The molecule has 0 aromatic heterocycles. The summed E-state index contributed by atoms with van der Waals surface area (Å²) in [4.78, 5) is 47.1. The number of nitrogens with zero attached hydrogens (tertiary/aromatic N) is 1. The highest BCUT2D eigenvalue weighted by Gasteiger charge is 2.44. The molecule has 0 heterocycles. The Bertz CT molecular complexity index is 1940. The second-order valence-electron chi connectivity index (χ2n) is 10.3. The number of ether oxygens (including phenoxy) is 2. The van der Waals surface area contributed by atoms with Crippen LogP contribution >= 0.6 is 58.0 Å². The maximum atomic E-state index is 13.3. The number of nitrogens with one attached hydrogen (secondary N) is 3. The third kappa shape index (κ3) is 12.5. The molecule has 0 saturated heterocycles. The number of hydrogen-bond donors (Lipinski definition) is 3. The van der Waals surface area contributed by atoms with Crippen molar-refractivity contribution >= 4 is 93.3 Å². The van der Waals surface area contributed by atoms with Crippen LogP contribution in [0.25, 0.3) is 0 Å². The molecular formula is C33H23Cl5F6N4O6. The van der Waals surface area contributed by atoms with Gasteiger partial charge in [0.05, 0.1) is 26.2 Å². The molecule has 4 rings (SSSR count). The van der Waals surface area contributed by atoms with E-state index in [1.165, 1.54) is 55.6 Å². The molecule has 4 aromatic rings. The van der Waals surface area contributed by atoms with E-state index >= 15 is 0 Å². The Morgan fingerprint density at radius 1 is 0.667 bits per heavy atom. The number of alkyl halides is 8. The normalized spacial score (nSPS) is 11.2. The lowest BCUT2D eigenvalue weighted by atomic mass is 10.2. The van der Waals surface area contributed by atoms with Crippen molar-refractivity contribution in [1.29, 1.82) is 0 Å². The molecule has 0 atom stereocenters. The van der Waals surface area contributed by atoms with Gasteiger partial charge in [-0.05, 0) is 72.8 Å². The molecule has 0 unspecified atom stereocenters. The van der Waals surface area contributed by atoms with Crippen molar-refractivity contribution in [1.82, 2.24) is 10.2 Å². The Hall–Kier alpha value is -4.61. The fourth-order valence-electron chi connectivity index (χ4n) is 3.76. The SMILES string of the molecule is CN(C(=O)Nc1ccc(OC(F)(F)C(Cl)Cl)cc1)C(=O)c1c(Cl)cccc1Cl.O=C(NC(=O)c1ccccc1Cl)Nc1ccc(OC(F)(F)C(F)F)cc1. The van der Waals surface area contributed by atoms with Gasteiger partial charge < -0.3 is 20.1 Å². The minimum Gasteiger partial charge on any atom is -0.431 e. The topological polar surface area (TPSA) is 126 Å². The number of amides is 6. The lowest BCUT2D eigenvalue weighted by Crippen LogP contribution is -2.37. The summed E-state index contributed by atoms with van der Waals surface area (Å²) in [6.07, 6.45) is -12.4. The Balaban J connectivity index is 0.000000291. The van der Waals surface area contributed by atoms with E-state index in [9.17, 15) is 45.5 Å². The molecule has 21 heteroatoms. The summed E-state index contributed by atoms with van der Waals surface area (Å²) in [7, 11) is 1.23. The summed E-state index contributed by atoms with van der Waals surface area (Å²) >= 11 is 28.0. The number of carbonyl (C=O) groups excluding carboxylic acids is 4. The molecule has 288 valence electrons. The molecule has 3 N–H and O–H groups in total. The van der Waals surface area contributed by atoms with Gasteiger partial charge in [-0.1, -0.05) is 76.2 Å². The molecule has 0 aliphatic rings. The minimum atomic E-state index is -4.63. The lowest BCUT2D eigenvalue weighted by molar-refractivity contribution is -0.253. The third-order valence-electron chi connectivity index (χ3n) is 6.37. The van der Waals surface area contributed by atoms with Gasteiger partial charge in [0.1, 0.15) is 11.5 Å². The Kier molecular flexibility index (Phi) is 15.5. The summed E-state index contributed by atoms with van der Waals surface area (Å²) in [6.45, 7) is 0. The molecule has 0 saturated carbocycles. The van der Waals surface area contributed by atoms with E-state index in [2.05, 4.69) is 20.1 Å². The van der Waals surface area contributed by atoms with E-state index in [-0.39, 0.29) is 43.3 Å². The van der Waals surface area contributed by atoms with Gasteiger partial charge in [-0.3, -0.25) is 19.8 Å². The fourth-order valence-corrected chi connectivity index (χ4v) is 4.63. The van der Waals surface area contributed by atoms with E-state index in [0.29, 0.717) is 0 Å². The van der Waals surface area contributed by atoms with E-state index in [1.54, 1.807) is 18.2 Å². The third-order valence-corrected chi connectivity index (χ3v) is 7.83. The van der Waals surface area contributed by atoms with Crippen LogP contribution in [0.5, 0.6) is 11.5 Å². The van der Waals surface area contributed by atoms with Crippen LogP contribution < -0.4 is 25.4 Å². The van der Waals surface area contributed by atoms with Crippen LogP contribution in [0.4, 0.5) is 47.3 Å². The zero-order valence-corrected chi connectivity index (χ0v) is 30.6. The van der Waals surface area contributed by atoms with Crippen molar-refractivity contribution in [3.63, 3.8) is 0 Å². The van der Waals surface area contributed by atoms with Gasteiger partial charge in [0.15, 0.2) is 0 Å². The smallest absolute Gasteiger partial charge is 0.431 e. The number of anilines is 2. The van der Waals surface area contributed by atoms with Crippen LogP contribution in [-0.4, -0.2) is 59.3 Å². The molecule has 0 bridgehead atoms. The largest absolute Gasteiger partial charge is 0.461 e. The van der Waals surface area contributed by atoms with Crippen LogP contribution in [0.15, 0.2) is 91.0 Å². The molecular weight excluding hydrogens is 840 g/mol. The molecule has 0 aliphatic heterocycles. The maximum absolute atomic E-state index is 13.3. The molecule has 0 spiro atoms. The highest BCUT2D eigenvalue weighted by molar-refractivity contribution is 6.45. The number of rotatable bonds is 10. The monoisotopic (exact) mass is 860 g/mol. The standard InChI is InChI=1S/C17H12Cl4F2N2O3.C16H11ClF4N2O3/c1-25(14(26)13-11(18)3-2-4-12(13)19)16(27)24-9-5-7-10(8-6-9)28-17(22,23)15(20)21;17-12-4-2-1-3-11(12)13(24)23-15(25)22-9-5-7-10(8-6-9)26-16(20,21)14(18)19/h2-8,15H,1H3,(H,24,27);1-8,14H,(H2,22,23,24,25). The van der Waals surface area contributed by atoms with E-state index in [4.69, 9.17) is 58.0 Å². The first-order valence-corrected chi connectivity index (χ1v) is 16.5.